The molecule has 0 aliphatic heterocycles. The number of thiazole rings is 1. The first-order valence-corrected chi connectivity index (χ1v) is 7.72. The summed E-state index contributed by atoms with van der Waals surface area (Å²) in [5.74, 6) is 0. The Morgan fingerprint density at radius 1 is 1.32 bits per heavy atom. The molecule has 3 nitrogen and oxygen atoms in total. The van der Waals surface area contributed by atoms with Gasteiger partial charge in [-0.2, -0.15) is 0 Å². The van der Waals surface area contributed by atoms with Crippen molar-refractivity contribution < 1.29 is 5.11 Å². The van der Waals surface area contributed by atoms with Gasteiger partial charge in [-0.3, -0.25) is 4.90 Å². The molecular formula is C15H20N2OS. The second kappa shape index (κ2) is 5.19. The van der Waals surface area contributed by atoms with Crippen LogP contribution in [0.5, 0.6) is 0 Å². The van der Waals surface area contributed by atoms with Crippen LogP contribution in [0.4, 0.5) is 0 Å². The summed E-state index contributed by atoms with van der Waals surface area (Å²) in [6.07, 6.45) is 4.20. The molecule has 4 heteroatoms. The molecule has 0 radical (unpaired) electrons. The summed E-state index contributed by atoms with van der Waals surface area (Å²) in [6, 6.07) is 8.24. The summed E-state index contributed by atoms with van der Waals surface area (Å²) in [7, 11) is 2.07. The summed E-state index contributed by atoms with van der Waals surface area (Å²) < 4.78 is 1.24. The molecule has 0 bridgehead atoms. The van der Waals surface area contributed by atoms with E-state index in [1.54, 1.807) is 11.3 Å². The molecule has 102 valence electrons. The van der Waals surface area contributed by atoms with Crippen molar-refractivity contribution in [3.05, 3.63) is 29.3 Å². The minimum atomic E-state index is -0.467. The highest BCUT2D eigenvalue weighted by Gasteiger charge is 2.32. The van der Waals surface area contributed by atoms with Crippen molar-refractivity contribution in [3.8, 4) is 0 Å². The van der Waals surface area contributed by atoms with Crippen molar-refractivity contribution in [2.24, 2.45) is 0 Å². The van der Waals surface area contributed by atoms with Crippen molar-refractivity contribution in [2.75, 3.05) is 13.6 Å². The van der Waals surface area contributed by atoms with E-state index < -0.39 is 5.60 Å². The first kappa shape index (κ1) is 13.0. The predicted octanol–water partition coefficient (Wildman–Crippen LogP) is 3.03. The standard InChI is InChI=1S/C15H20N2OS/c1-17(11-15(18)8-4-5-9-15)10-14-16-12-6-2-3-7-13(12)19-14/h2-3,6-7,18H,4-5,8-11H2,1H3. The van der Waals surface area contributed by atoms with Crippen LogP contribution in [-0.4, -0.2) is 34.2 Å². The average Bonchev–Trinajstić information content (AvgIpc) is 2.94. The third-order valence-corrected chi connectivity index (χ3v) is 4.86. The summed E-state index contributed by atoms with van der Waals surface area (Å²) in [6.45, 7) is 1.57. The summed E-state index contributed by atoms with van der Waals surface area (Å²) in [4.78, 5) is 6.84. The predicted molar refractivity (Wildman–Crippen MR) is 79.4 cm³/mol. The molecule has 0 saturated heterocycles. The minimum Gasteiger partial charge on any atom is -0.389 e. The molecule has 0 atom stereocenters. The Balaban J connectivity index is 1.67. The zero-order valence-corrected chi connectivity index (χ0v) is 12.1. The van der Waals surface area contributed by atoms with Crippen molar-refractivity contribution >= 4 is 21.6 Å². The number of likely N-dealkylation sites (N-methyl/N-ethyl adjacent to an activating group) is 1. The highest BCUT2D eigenvalue weighted by Crippen LogP contribution is 2.30. The minimum absolute atomic E-state index is 0.467. The highest BCUT2D eigenvalue weighted by atomic mass is 32.1. The van der Waals surface area contributed by atoms with Crippen molar-refractivity contribution in [1.29, 1.82) is 0 Å². The van der Waals surface area contributed by atoms with Gasteiger partial charge in [0.2, 0.25) is 0 Å². The number of rotatable bonds is 4. The van der Waals surface area contributed by atoms with Crippen LogP contribution in [0.1, 0.15) is 30.7 Å². The molecule has 1 aromatic heterocycles. The van der Waals surface area contributed by atoms with Crippen molar-refractivity contribution in [2.45, 2.75) is 37.8 Å². The third kappa shape index (κ3) is 2.96. The molecule has 19 heavy (non-hydrogen) atoms. The van der Waals surface area contributed by atoms with Crippen molar-refractivity contribution in [3.63, 3.8) is 0 Å². The van der Waals surface area contributed by atoms with Gasteiger partial charge in [0.25, 0.3) is 0 Å². The SMILES string of the molecule is CN(Cc1nc2ccccc2s1)CC1(O)CCCC1. The van der Waals surface area contributed by atoms with Crippen LogP contribution in [0.3, 0.4) is 0 Å². The third-order valence-electron chi connectivity index (χ3n) is 3.84. The van der Waals surface area contributed by atoms with E-state index in [9.17, 15) is 5.11 Å². The second-order valence-electron chi connectivity index (χ2n) is 5.68. The molecule has 0 amide bonds. The first-order chi connectivity index (χ1) is 9.15. The van der Waals surface area contributed by atoms with Gasteiger partial charge in [0, 0.05) is 6.54 Å². The Labute approximate surface area is 117 Å². The van der Waals surface area contributed by atoms with Gasteiger partial charge in [-0.25, -0.2) is 4.98 Å². The van der Waals surface area contributed by atoms with Gasteiger partial charge in [-0.1, -0.05) is 25.0 Å². The van der Waals surface area contributed by atoms with Crippen LogP contribution >= 0.6 is 11.3 Å². The van der Waals surface area contributed by atoms with Crippen LogP contribution < -0.4 is 0 Å². The van der Waals surface area contributed by atoms with E-state index in [1.165, 1.54) is 4.70 Å². The Hall–Kier alpha value is -0.970. The number of nitrogens with zero attached hydrogens (tertiary/aromatic N) is 2. The molecule has 0 unspecified atom stereocenters. The molecule has 1 fully saturated rings. The van der Waals surface area contributed by atoms with Crippen LogP contribution in [-0.2, 0) is 6.54 Å². The van der Waals surface area contributed by atoms with Gasteiger partial charge in [-0.15, -0.1) is 11.3 Å². The highest BCUT2D eigenvalue weighted by molar-refractivity contribution is 7.18. The normalized spacial score (nSPS) is 18.5. The number of para-hydroxylation sites is 1. The Morgan fingerprint density at radius 2 is 2.05 bits per heavy atom. The maximum Gasteiger partial charge on any atom is 0.108 e. The molecule has 1 aromatic carbocycles. The molecule has 1 saturated carbocycles. The van der Waals surface area contributed by atoms with Gasteiger partial charge in [0.15, 0.2) is 0 Å². The van der Waals surface area contributed by atoms with Crippen LogP contribution in [0.15, 0.2) is 24.3 Å². The Morgan fingerprint density at radius 3 is 2.79 bits per heavy atom. The molecular weight excluding hydrogens is 256 g/mol. The fraction of sp³-hybridized carbons (Fsp3) is 0.533. The van der Waals surface area contributed by atoms with E-state index in [4.69, 9.17) is 0 Å². The Bertz CT molecular complexity index is 527. The summed E-state index contributed by atoms with van der Waals surface area (Å²) >= 11 is 1.75. The van der Waals surface area contributed by atoms with Gasteiger partial charge in [0.05, 0.1) is 22.4 Å². The van der Waals surface area contributed by atoms with Crippen molar-refractivity contribution in [1.82, 2.24) is 9.88 Å². The Kier molecular flexibility index (Phi) is 3.56. The fourth-order valence-corrected chi connectivity index (χ4v) is 4.02. The van der Waals surface area contributed by atoms with Crippen LogP contribution in [0.2, 0.25) is 0 Å². The van der Waals surface area contributed by atoms with Gasteiger partial charge in [-0.05, 0) is 32.0 Å². The van der Waals surface area contributed by atoms with E-state index in [-0.39, 0.29) is 0 Å². The average molecular weight is 276 g/mol. The zero-order chi connectivity index (χ0) is 13.3. The number of hydrogen-bond acceptors (Lipinski definition) is 4. The molecule has 0 spiro atoms. The monoisotopic (exact) mass is 276 g/mol. The van der Waals surface area contributed by atoms with Gasteiger partial charge < -0.3 is 5.11 Å². The molecule has 3 rings (SSSR count). The number of aromatic nitrogens is 1. The molecule has 1 heterocycles. The second-order valence-corrected chi connectivity index (χ2v) is 6.79. The largest absolute Gasteiger partial charge is 0.389 e. The van der Waals surface area contributed by atoms with Gasteiger partial charge >= 0.3 is 0 Å². The molecule has 1 N–H and O–H groups in total. The number of benzene rings is 1. The lowest BCUT2D eigenvalue weighted by Gasteiger charge is -2.27. The maximum absolute atomic E-state index is 10.4. The maximum atomic E-state index is 10.4. The topological polar surface area (TPSA) is 36.4 Å². The zero-order valence-electron chi connectivity index (χ0n) is 11.3. The summed E-state index contributed by atoms with van der Waals surface area (Å²) in [5, 5.41) is 11.6. The molecule has 1 aliphatic carbocycles. The van der Waals surface area contributed by atoms with Gasteiger partial charge in [0.1, 0.15) is 5.01 Å². The number of hydrogen-bond donors (Lipinski definition) is 1. The smallest absolute Gasteiger partial charge is 0.108 e. The summed E-state index contributed by atoms with van der Waals surface area (Å²) in [5.41, 5.74) is 0.612. The van der Waals surface area contributed by atoms with Crippen LogP contribution in [0, 0.1) is 0 Å². The molecule has 1 aliphatic rings. The number of aliphatic hydroxyl groups is 1. The lowest BCUT2D eigenvalue weighted by atomic mass is 10.0. The van der Waals surface area contributed by atoms with E-state index in [0.717, 1.165) is 49.3 Å². The van der Waals surface area contributed by atoms with E-state index in [1.807, 2.05) is 6.07 Å². The van der Waals surface area contributed by atoms with E-state index in [0.29, 0.717) is 0 Å². The van der Waals surface area contributed by atoms with E-state index in [2.05, 4.69) is 35.1 Å². The quantitative estimate of drug-likeness (QED) is 0.932. The molecule has 2 aromatic rings. The van der Waals surface area contributed by atoms with E-state index >= 15 is 0 Å². The number of fused-ring (bicyclic) bond motifs is 1. The first-order valence-electron chi connectivity index (χ1n) is 6.90. The van der Waals surface area contributed by atoms with Crippen LogP contribution in [0.25, 0.3) is 10.2 Å². The lowest BCUT2D eigenvalue weighted by Crippen LogP contribution is -2.38. The lowest BCUT2D eigenvalue weighted by molar-refractivity contribution is 0.0145. The fourth-order valence-electron chi connectivity index (χ4n) is 2.97.